The van der Waals surface area contributed by atoms with Crippen LogP contribution in [0.3, 0.4) is 0 Å². The average molecular weight is 373 g/mol. The summed E-state index contributed by atoms with van der Waals surface area (Å²) in [6.45, 7) is 2.77. The van der Waals surface area contributed by atoms with Gasteiger partial charge in [-0.2, -0.15) is 0 Å². The number of methoxy groups -OCH3 is 1. The maximum Gasteiger partial charge on any atom is 0.273 e. The first-order valence-corrected chi connectivity index (χ1v) is 8.43. The number of nitrogens with zero attached hydrogens (tertiary/aromatic N) is 2. The number of hydrogen-bond donors (Lipinski definition) is 1. The quantitative estimate of drug-likeness (QED) is 0.536. The average Bonchev–Trinajstić information content (AvgIpc) is 2.68. The lowest BCUT2D eigenvalue weighted by molar-refractivity contribution is -0.384. The lowest BCUT2D eigenvalue weighted by Gasteiger charge is -2.24. The molecule has 0 saturated heterocycles. The molecule has 0 bridgehead atoms. The zero-order valence-corrected chi connectivity index (χ0v) is 15.5. The van der Waals surface area contributed by atoms with E-state index in [0.29, 0.717) is 18.8 Å². The first kappa shape index (κ1) is 20.2. The molecule has 0 aliphatic rings. The molecule has 1 atom stereocenters. The fourth-order valence-electron chi connectivity index (χ4n) is 2.35. The first-order chi connectivity index (χ1) is 12.9. The van der Waals surface area contributed by atoms with Crippen LogP contribution in [-0.4, -0.2) is 49.1 Å². The standard InChI is InChI=1S/C19H23N3O5/c1-14(21(2)11-12-27-16-7-5-4-6-8-16)19(23)20-17-10-9-15(22(24)25)13-18(17)26-3/h4-10,13-14H,11-12H2,1-3H3,(H,20,23)/t14-/m1/s1. The highest BCUT2D eigenvalue weighted by Gasteiger charge is 2.20. The van der Waals surface area contributed by atoms with Gasteiger partial charge in [0.25, 0.3) is 5.69 Å². The predicted octanol–water partition coefficient (Wildman–Crippen LogP) is 2.94. The van der Waals surface area contributed by atoms with Gasteiger partial charge in [-0.05, 0) is 32.2 Å². The molecule has 8 heteroatoms. The van der Waals surface area contributed by atoms with Crippen LogP contribution in [0, 0.1) is 10.1 Å². The molecule has 27 heavy (non-hydrogen) atoms. The van der Waals surface area contributed by atoms with Gasteiger partial charge in [0.15, 0.2) is 0 Å². The third-order valence-corrected chi connectivity index (χ3v) is 4.15. The van der Waals surface area contributed by atoms with Crippen molar-refractivity contribution in [3.63, 3.8) is 0 Å². The van der Waals surface area contributed by atoms with E-state index in [1.807, 2.05) is 42.3 Å². The van der Waals surface area contributed by atoms with Crippen LogP contribution in [0.25, 0.3) is 0 Å². The number of nitrogens with one attached hydrogen (secondary N) is 1. The molecule has 2 aromatic carbocycles. The number of rotatable bonds is 9. The number of benzene rings is 2. The number of amides is 1. The van der Waals surface area contributed by atoms with Crippen LogP contribution in [0.4, 0.5) is 11.4 Å². The highest BCUT2D eigenvalue weighted by atomic mass is 16.6. The topological polar surface area (TPSA) is 93.9 Å². The molecular weight excluding hydrogens is 350 g/mol. The molecule has 2 aromatic rings. The monoisotopic (exact) mass is 373 g/mol. The van der Waals surface area contributed by atoms with Gasteiger partial charge in [0, 0.05) is 12.6 Å². The van der Waals surface area contributed by atoms with Crippen molar-refractivity contribution in [3.8, 4) is 11.5 Å². The van der Waals surface area contributed by atoms with Gasteiger partial charge in [-0.3, -0.25) is 19.8 Å². The van der Waals surface area contributed by atoms with E-state index in [1.165, 1.54) is 25.3 Å². The second kappa shape index (κ2) is 9.54. The normalized spacial score (nSPS) is 11.7. The van der Waals surface area contributed by atoms with E-state index in [0.717, 1.165) is 5.75 Å². The highest BCUT2D eigenvalue weighted by Crippen LogP contribution is 2.29. The van der Waals surface area contributed by atoms with Crippen LogP contribution in [-0.2, 0) is 4.79 Å². The molecule has 0 aliphatic heterocycles. The predicted molar refractivity (Wildman–Crippen MR) is 102 cm³/mol. The van der Waals surface area contributed by atoms with Crippen LogP contribution in [0.15, 0.2) is 48.5 Å². The number of anilines is 1. The molecule has 0 fully saturated rings. The van der Waals surface area contributed by atoms with Crippen LogP contribution in [0.1, 0.15) is 6.92 Å². The molecule has 1 N–H and O–H groups in total. The van der Waals surface area contributed by atoms with Crippen LogP contribution >= 0.6 is 0 Å². The molecule has 0 heterocycles. The Morgan fingerprint density at radius 2 is 1.96 bits per heavy atom. The van der Waals surface area contributed by atoms with Crippen molar-refractivity contribution in [1.82, 2.24) is 4.90 Å². The number of carbonyl (C=O) groups is 1. The smallest absolute Gasteiger partial charge is 0.273 e. The summed E-state index contributed by atoms with van der Waals surface area (Å²) < 4.78 is 10.8. The Hall–Kier alpha value is -3.13. The van der Waals surface area contributed by atoms with Gasteiger partial charge in [-0.1, -0.05) is 18.2 Å². The van der Waals surface area contributed by atoms with E-state index in [2.05, 4.69) is 5.32 Å². The maximum atomic E-state index is 12.5. The number of nitro groups is 1. The number of nitro benzene ring substituents is 1. The Morgan fingerprint density at radius 1 is 1.26 bits per heavy atom. The van der Waals surface area contributed by atoms with Gasteiger partial charge >= 0.3 is 0 Å². The van der Waals surface area contributed by atoms with Crippen LogP contribution < -0.4 is 14.8 Å². The van der Waals surface area contributed by atoms with Crippen molar-refractivity contribution in [2.24, 2.45) is 0 Å². The SMILES string of the molecule is COc1cc([N+](=O)[O-])ccc1NC(=O)[C@@H](C)N(C)CCOc1ccccc1. The van der Waals surface area contributed by atoms with Gasteiger partial charge in [-0.15, -0.1) is 0 Å². The van der Waals surface area contributed by atoms with Crippen molar-refractivity contribution in [3.05, 3.63) is 58.6 Å². The Balaban J connectivity index is 1.91. The Kier molecular flexibility index (Phi) is 7.13. The van der Waals surface area contributed by atoms with E-state index in [9.17, 15) is 14.9 Å². The number of ether oxygens (including phenoxy) is 2. The minimum absolute atomic E-state index is 0.104. The van der Waals surface area contributed by atoms with Crippen molar-refractivity contribution in [1.29, 1.82) is 0 Å². The summed E-state index contributed by atoms with van der Waals surface area (Å²) in [4.78, 5) is 24.7. The van der Waals surface area contributed by atoms with Gasteiger partial charge in [0.05, 0.1) is 29.8 Å². The first-order valence-electron chi connectivity index (χ1n) is 8.43. The summed E-state index contributed by atoms with van der Waals surface area (Å²) in [5.41, 5.74) is 0.280. The zero-order chi connectivity index (χ0) is 19.8. The summed E-state index contributed by atoms with van der Waals surface area (Å²) >= 11 is 0. The molecule has 144 valence electrons. The summed E-state index contributed by atoms with van der Waals surface area (Å²) in [5.74, 6) is 0.766. The Labute approximate surface area is 157 Å². The largest absolute Gasteiger partial charge is 0.494 e. The lowest BCUT2D eigenvalue weighted by Crippen LogP contribution is -2.41. The highest BCUT2D eigenvalue weighted by molar-refractivity contribution is 5.96. The summed E-state index contributed by atoms with van der Waals surface area (Å²) in [6, 6.07) is 13.1. The van der Waals surface area contributed by atoms with E-state index < -0.39 is 11.0 Å². The number of likely N-dealkylation sites (N-methyl/N-ethyl adjacent to an activating group) is 1. The number of carbonyl (C=O) groups excluding carboxylic acids is 1. The second-order valence-corrected chi connectivity index (χ2v) is 5.95. The molecular formula is C19H23N3O5. The van der Waals surface area contributed by atoms with E-state index in [4.69, 9.17) is 9.47 Å². The molecule has 0 spiro atoms. The number of hydrogen-bond acceptors (Lipinski definition) is 6. The van der Waals surface area contributed by atoms with Crippen molar-refractivity contribution in [2.45, 2.75) is 13.0 Å². The summed E-state index contributed by atoms with van der Waals surface area (Å²) in [7, 11) is 3.22. The maximum absolute atomic E-state index is 12.5. The number of non-ortho nitro benzene ring substituents is 1. The van der Waals surface area contributed by atoms with Crippen molar-refractivity contribution in [2.75, 3.05) is 32.6 Å². The van der Waals surface area contributed by atoms with Crippen molar-refractivity contribution < 1.29 is 19.2 Å². The fourth-order valence-corrected chi connectivity index (χ4v) is 2.35. The minimum atomic E-state index is -0.517. The van der Waals surface area contributed by atoms with Gasteiger partial charge in [0.1, 0.15) is 18.1 Å². The number of para-hydroxylation sites is 1. The van der Waals surface area contributed by atoms with E-state index in [-0.39, 0.29) is 17.3 Å². The van der Waals surface area contributed by atoms with Gasteiger partial charge in [0.2, 0.25) is 5.91 Å². The Bertz CT molecular complexity index is 782. The van der Waals surface area contributed by atoms with Crippen molar-refractivity contribution >= 4 is 17.3 Å². The summed E-state index contributed by atoms with van der Waals surface area (Å²) in [6.07, 6.45) is 0. The zero-order valence-electron chi connectivity index (χ0n) is 15.5. The molecule has 0 radical (unpaired) electrons. The fraction of sp³-hybridized carbons (Fsp3) is 0.316. The second-order valence-electron chi connectivity index (χ2n) is 5.95. The van der Waals surface area contributed by atoms with Crippen LogP contribution in [0.2, 0.25) is 0 Å². The molecule has 0 unspecified atom stereocenters. The third kappa shape index (κ3) is 5.68. The molecule has 2 rings (SSSR count). The van der Waals surface area contributed by atoms with E-state index in [1.54, 1.807) is 6.92 Å². The Morgan fingerprint density at radius 3 is 2.59 bits per heavy atom. The molecule has 0 aromatic heterocycles. The molecule has 0 aliphatic carbocycles. The van der Waals surface area contributed by atoms with Gasteiger partial charge in [-0.25, -0.2) is 0 Å². The minimum Gasteiger partial charge on any atom is -0.494 e. The molecule has 1 amide bonds. The summed E-state index contributed by atoms with van der Waals surface area (Å²) in [5, 5.41) is 13.6. The van der Waals surface area contributed by atoms with E-state index >= 15 is 0 Å². The molecule has 8 nitrogen and oxygen atoms in total. The molecule has 0 saturated carbocycles. The third-order valence-electron chi connectivity index (χ3n) is 4.15. The van der Waals surface area contributed by atoms with Gasteiger partial charge < -0.3 is 14.8 Å². The van der Waals surface area contributed by atoms with Crippen LogP contribution in [0.5, 0.6) is 11.5 Å². The lowest BCUT2D eigenvalue weighted by atomic mass is 10.2.